The molecule has 4 bridgehead atoms. The fourth-order valence-electron chi connectivity index (χ4n) is 5.30. The molecule has 6 nitrogen and oxygen atoms in total. The number of imide groups is 1. The average molecular weight is 298 g/mol. The minimum absolute atomic E-state index is 0.135. The first-order valence-electron chi connectivity index (χ1n) is 7.78. The average Bonchev–Trinajstić information content (AvgIpc) is 2.81. The molecule has 5 heterocycles. The van der Waals surface area contributed by atoms with Crippen LogP contribution in [-0.2, 0) is 10.2 Å². The molecule has 6 rings (SSSR count). The molecule has 1 spiro atoms. The molecule has 5 fully saturated rings. The van der Waals surface area contributed by atoms with E-state index in [1.54, 1.807) is 0 Å². The number of carbonyl (C=O) groups excluding carboxylic acids is 2. The van der Waals surface area contributed by atoms with Gasteiger partial charge >= 0.3 is 6.03 Å². The summed E-state index contributed by atoms with van der Waals surface area (Å²) in [5.41, 5.74) is -0.0329. The minimum atomic E-state index is -0.807. The highest BCUT2D eigenvalue weighted by atomic mass is 16.2. The van der Waals surface area contributed by atoms with Crippen LogP contribution in [0.5, 0.6) is 0 Å². The predicted molar refractivity (Wildman–Crippen MR) is 79.0 cm³/mol. The molecule has 0 saturated carbocycles. The van der Waals surface area contributed by atoms with E-state index >= 15 is 0 Å². The van der Waals surface area contributed by atoms with Crippen LogP contribution in [0.25, 0.3) is 0 Å². The van der Waals surface area contributed by atoms with Crippen molar-refractivity contribution >= 4 is 11.9 Å². The molecule has 5 aliphatic heterocycles. The van der Waals surface area contributed by atoms with Crippen LogP contribution in [0.15, 0.2) is 30.3 Å². The van der Waals surface area contributed by atoms with Gasteiger partial charge in [-0.3, -0.25) is 19.9 Å². The molecule has 3 unspecified atom stereocenters. The van der Waals surface area contributed by atoms with Gasteiger partial charge in [0, 0.05) is 32.1 Å². The maximum absolute atomic E-state index is 12.8. The Morgan fingerprint density at radius 1 is 1.05 bits per heavy atom. The van der Waals surface area contributed by atoms with Gasteiger partial charge in [-0.05, 0) is 5.56 Å². The quantitative estimate of drug-likeness (QED) is 0.700. The minimum Gasteiger partial charge on any atom is -0.322 e. The van der Waals surface area contributed by atoms with E-state index in [1.807, 2.05) is 18.2 Å². The summed E-state index contributed by atoms with van der Waals surface area (Å²) in [6.07, 6.45) is 0. The number of rotatable bonds is 1. The number of carbonyl (C=O) groups is 2. The van der Waals surface area contributed by atoms with Gasteiger partial charge in [0.2, 0.25) is 0 Å². The van der Waals surface area contributed by atoms with Gasteiger partial charge < -0.3 is 5.32 Å². The smallest absolute Gasteiger partial charge is 0.322 e. The van der Waals surface area contributed by atoms with Crippen LogP contribution in [0.1, 0.15) is 5.56 Å². The van der Waals surface area contributed by atoms with Crippen LogP contribution in [0.2, 0.25) is 0 Å². The topological polar surface area (TPSA) is 64.7 Å². The van der Waals surface area contributed by atoms with Crippen LogP contribution in [0.3, 0.4) is 0 Å². The van der Waals surface area contributed by atoms with E-state index in [2.05, 4.69) is 32.6 Å². The van der Waals surface area contributed by atoms with Crippen molar-refractivity contribution in [1.29, 1.82) is 0 Å². The van der Waals surface area contributed by atoms with Gasteiger partial charge in [-0.1, -0.05) is 30.3 Å². The predicted octanol–water partition coefficient (Wildman–Crippen LogP) is -0.279. The Labute approximate surface area is 128 Å². The van der Waals surface area contributed by atoms with Crippen molar-refractivity contribution in [1.82, 2.24) is 20.4 Å². The van der Waals surface area contributed by atoms with Gasteiger partial charge in [-0.2, -0.15) is 0 Å². The van der Waals surface area contributed by atoms with Crippen LogP contribution >= 0.6 is 0 Å². The monoisotopic (exact) mass is 298 g/mol. The third-order valence-corrected chi connectivity index (χ3v) is 5.93. The van der Waals surface area contributed by atoms with Crippen LogP contribution in [0, 0.1) is 5.92 Å². The summed E-state index contributed by atoms with van der Waals surface area (Å²) in [6.45, 7) is 4.35. The third-order valence-electron chi connectivity index (χ3n) is 5.93. The number of piperidine rings is 2. The molecule has 0 aliphatic carbocycles. The molecule has 0 radical (unpaired) electrons. The third kappa shape index (κ3) is 1.28. The summed E-state index contributed by atoms with van der Waals surface area (Å²) in [7, 11) is 0. The summed E-state index contributed by atoms with van der Waals surface area (Å²) in [5, 5.41) is 5.55. The van der Waals surface area contributed by atoms with Gasteiger partial charge in [-0.25, -0.2) is 4.79 Å². The Bertz CT molecular complexity index is 662. The van der Waals surface area contributed by atoms with Gasteiger partial charge in [0.25, 0.3) is 5.91 Å². The molecule has 114 valence electrons. The lowest BCUT2D eigenvalue weighted by Crippen LogP contribution is -2.84. The van der Waals surface area contributed by atoms with E-state index < -0.39 is 5.54 Å². The van der Waals surface area contributed by atoms with E-state index in [4.69, 9.17) is 0 Å². The van der Waals surface area contributed by atoms with Crippen molar-refractivity contribution in [2.75, 3.05) is 32.8 Å². The number of nitrogens with zero attached hydrogens (tertiary/aromatic N) is 2. The summed E-state index contributed by atoms with van der Waals surface area (Å²) in [6, 6.07) is 9.86. The highest BCUT2D eigenvalue weighted by Gasteiger charge is 2.71. The highest BCUT2D eigenvalue weighted by Crippen LogP contribution is 2.52. The first-order chi connectivity index (χ1) is 10.6. The number of urea groups is 1. The lowest BCUT2D eigenvalue weighted by atomic mass is 9.54. The number of amides is 3. The molecule has 5 aliphatic rings. The van der Waals surface area contributed by atoms with Crippen molar-refractivity contribution in [3.05, 3.63) is 35.9 Å². The second-order valence-corrected chi connectivity index (χ2v) is 7.03. The van der Waals surface area contributed by atoms with Gasteiger partial charge in [0.1, 0.15) is 5.54 Å². The largest absolute Gasteiger partial charge is 0.322 e. The molecule has 1 aromatic carbocycles. The lowest BCUT2D eigenvalue weighted by Gasteiger charge is -2.66. The maximum Gasteiger partial charge on any atom is 0.322 e. The zero-order valence-corrected chi connectivity index (χ0v) is 12.2. The Morgan fingerprint density at radius 3 is 2.32 bits per heavy atom. The normalized spacial score (nSPS) is 45.2. The number of hydrogen-bond donors (Lipinski definition) is 2. The summed E-state index contributed by atoms with van der Waals surface area (Å²) in [5.74, 6) is -0.0111. The van der Waals surface area contributed by atoms with E-state index in [0.717, 1.165) is 38.4 Å². The molecule has 3 atom stereocenters. The zero-order chi connectivity index (χ0) is 14.9. The van der Waals surface area contributed by atoms with E-state index in [9.17, 15) is 9.59 Å². The van der Waals surface area contributed by atoms with Gasteiger partial charge in [0.05, 0.1) is 12.1 Å². The Hall–Kier alpha value is -1.92. The Kier molecular flexibility index (Phi) is 2.22. The summed E-state index contributed by atoms with van der Waals surface area (Å²) < 4.78 is 0. The fourth-order valence-corrected chi connectivity index (χ4v) is 5.30. The Balaban J connectivity index is 1.75. The highest BCUT2D eigenvalue weighted by molar-refractivity contribution is 6.08. The first-order valence-corrected chi connectivity index (χ1v) is 7.78. The summed E-state index contributed by atoms with van der Waals surface area (Å²) >= 11 is 0. The molecule has 1 aromatic rings. The molecule has 22 heavy (non-hydrogen) atoms. The molecular weight excluding hydrogens is 280 g/mol. The lowest BCUT2D eigenvalue weighted by molar-refractivity contribution is -0.162. The summed E-state index contributed by atoms with van der Waals surface area (Å²) in [4.78, 5) is 29.6. The van der Waals surface area contributed by atoms with Crippen molar-refractivity contribution in [3.63, 3.8) is 0 Å². The van der Waals surface area contributed by atoms with Crippen molar-refractivity contribution in [2.45, 2.75) is 11.0 Å². The number of hydrogen-bond acceptors (Lipinski definition) is 4. The fraction of sp³-hybridized carbons (Fsp3) is 0.500. The van der Waals surface area contributed by atoms with Gasteiger partial charge in [0.15, 0.2) is 0 Å². The second kappa shape index (κ2) is 3.88. The van der Waals surface area contributed by atoms with Crippen LogP contribution in [-0.4, -0.2) is 60.1 Å². The second-order valence-electron chi connectivity index (χ2n) is 7.03. The maximum atomic E-state index is 12.8. The standard InChI is InChI=1S/C16H18N4O2/c21-13-16(18-14(22)17-13)12-6-19-8-15(16,9-20(7-12)10-19)11-4-2-1-3-5-11/h1-5,12H,6-10H2,(H2,17,18,21,22). The van der Waals surface area contributed by atoms with Crippen LogP contribution < -0.4 is 10.6 Å². The molecule has 2 N–H and O–H groups in total. The zero-order valence-electron chi connectivity index (χ0n) is 12.2. The van der Waals surface area contributed by atoms with Crippen molar-refractivity contribution in [3.8, 4) is 0 Å². The Morgan fingerprint density at radius 2 is 1.73 bits per heavy atom. The van der Waals surface area contributed by atoms with Crippen molar-refractivity contribution in [2.24, 2.45) is 5.92 Å². The van der Waals surface area contributed by atoms with E-state index in [1.165, 1.54) is 0 Å². The molecule has 3 amide bonds. The molecule has 6 heteroatoms. The molecule has 5 saturated heterocycles. The van der Waals surface area contributed by atoms with Crippen LogP contribution in [0.4, 0.5) is 4.79 Å². The van der Waals surface area contributed by atoms with E-state index in [0.29, 0.717) is 0 Å². The number of nitrogens with one attached hydrogen (secondary N) is 2. The molecular formula is C16H18N4O2. The van der Waals surface area contributed by atoms with Gasteiger partial charge in [-0.15, -0.1) is 0 Å². The first kappa shape index (κ1) is 12.6. The van der Waals surface area contributed by atoms with E-state index in [-0.39, 0.29) is 23.3 Å². The van der Waals surface area contributed by atoms with Crippen molar-refractivity contribution < 1.29 is 9.59 Å². The molecule has 0 aromatic heterocycles. The number of benzene rings is 1. The SMILES string of the molecule is O=C1NC(=O)C2(N1)C1CN3CN(C1)CC2(c1ccccc1)C3.